The Morgan fingerprint density at radius 1 is 0.882 bits per heavy atom. The fourth-order valence-electron chi connectivity index (χ4n) is 3.51. The highest BCUT2D eigenvalue weighted by atomic mass is 31.2. The zero-order valence-corrected chi connectivity index (χ0v) is 17.6. The molecule has 0 radical (unpaired) electrons. The summed E-state index contributed by atoms with van der Waals surface area (Å²) in [6.45, 7) is 0. The molecule has 0 amide bonds. The lowest BCUT2D eigenvalue weighted by Crippen LogP contribution is -2.52. The Kier molecular flexibility index (Phi) is 6.21. The summed E-state index contributed by atoms with van der Waals surface area (Å²) in [6.07, 6.45) is -13.1. The SMILES string of the molecule is O=[N+]([O-])c1cccc([P@](=O)(C2=C[C@@]([N+](=O)[O-])(C(F)(F)F)CC(C(F)(F)F)=C2)c2ccccc2)c1. The maximum absolute atomic E-state index is 14.4. The van der Waals surface area contributed by atoms with Crippen LogP contribution in [0, 0.1) is 20.2 Å². The second kappa shape index (κ2) is 8.39. The molecule has 0 spiro atoms. The van der Waals surface area contributed by atoms with Gasteiger partial charge in [-0.25, -0.2) is 0 Å². The first-order valence-corrected chi connectivity index (χ1v) is 11.0. The van der Waals surface area contributed by atoms with Crippen LogP contribution in [-0.2, 0) is 4.57 Å². The van der Waals surface area contributed by atoms with Crippen molar-refractivity contribution in [3.63, 3.8) is 0 Å². The molecule has 2 aromatic carbocycles. The second-order valence-corrected chi connectivity index (χ2v) is 10.1. The number of halogens is 6. The van der Waals surface area contributed by atoms with E-state index in [1.165, 1.54) is 18.2 Å². The Morgan fingerprint density at radius 2 is 1.47 bits per heavy atom. The minimum atomic E-state index is -5.78. The first kappa shape index (κ1) is 25.2. The topological polar surface area (TPSA) is 103 Å². The Morgan fingerprint density at radius 3 is 1.97 bits per heavy atom. The summed E-state index contributed by atoms with van der Waals surface area (Å²) in [5.74, 6) is 0. The largest absolute Gasteiger partial charge is 0.465 e. The first-order chi connectivity index (χ1) is 15.6. The van der Waals surface area contributed by atoms with Crippen LogP contribution in [0.2, 0.25) is 0 Å². The van der Waals surface area contributed by atoms with Crippen molar-refractivity contribution in [3.8, 4) is 0 Å². The highest BCUT2D eigenvalue weighted by Gasteiger charge is 2.68. The zero-order chi connectivity index (χ0) is 25.5. The molecule has 1 aliphatic carbocycles. The number of rotatable bonds is 5. The summed E-state index contributed by atoms with van der Waals surface area (Å²) < 4.78 is 96.8. The van der Waals surface area contributed by atoms with Crippen LogP contribution in [-0.4, -0.2) is 27.7 Å². The quantitative estimate of drug-likeness (QED) is 0.238. The van der Waals surface area contributed by atoms with E-state index in [9.17, 15) is 51.1 Å². The summed E-state index contributed by atoms with van der Waals surface area (Å²) in [4.78, 5) is 20.0. The number of hydrogen-bond acceptors (Lipinski definition) is 5. The highest BCUT2D eigenvalue weighted by molar-refractivity contribution is 7.82. The number of benzene rings is 2. The molecule has 2 aromatic rings. The predicted molar refractivity (Wildman–Crippen MR) is 109 cm³/mol. The lowest BCUT2D eigenvalue weighted by molar-refractivity contribution is -0.597. The molecule has 0 aliphatic heterocycles. The summed E-state index contributed by atoms with van der Waals surface area (Å²) in [5, 5.41) is 20.9. The van der Waals surface area contributed by atoms with Crippen molar-refractivity contribution >= 4 is 23.4 Å². The second-order valence-electron chi connectivity index (χ2n) is 7.31. The van der Waals surface area contributed by atoms with E-state index in [-0.39, 0.29) is 17.5 Å². The Labute approximate surface area is 187 Å². The molecular formula is C20H13F6N2O5P. The molecule has 0 saturated carbocycles. The van der Waals surface area contributed by atoms with Gasteiger partial charge in [0.25, 0.3) is 5.69 Å². The zero-order valence-electron chi connectivity index (χ0n) is 16.7. The molecule has 0 bridgehead atoms. The van der Waals surface area contributed by atoms with Crippen molar-refractivity contribution in [2.24, 2.45) is 0 Å². The van der Waals surface area contributed by atoms with Gasteiger partial charge in [0.05, 0.1) is 11.3 Å². The average molecular weight is 506 g/mol. The van der Waals surface area contributed by atoms with E-state index >= 15 is 0 Å². The molecule has 7 nitrogen and oxygen atoms in total. The molecule has 14 heteroatoms. The van der Waals surface area contributed by atoms with Crippen LogP contribution in [0.15, 0.2) is 77.6 Å². The Hall–Kier alpha value is -3.47. The summed E-state index contributed by atoms with van der Waals surface area (Å²) in [6, 6.07) is 10.2. The smallest absolute Gasteiger partial charge is 0.309 e. The van der Waals surface area contributed by atoms with Gasteiger partial charge in [-0.05, 0) is 6.08 Å². The number of nitro benzene ring substituents is 1. The van der Waals surface area contributed by atoms with E-state index < -0.39 is 63.2 Å². The van der Waals surface area contributed by atoms with Gasteiger partial charge in [0.1, 0.15) is 0 Å². The van der Waals surface area contributed by atoms with Crippen molar-refractivity contribution in [2.75, 3.05) is 0 Å². The molecule has 0 N–H and O–H groups in total. The van der Waals surface area contributed by atoms with Gasteiger partial charge in [0.2, 0.25) is 0 Å². The normalized spacial score (nSPS) is 20.6. The van der Waals surface area contributed by atoms with Gasteiger partial charge in [0, 0.05) is 44.6 Å². The lowest BCUT2D eigenvalue weighted by atomic mass is 9.86. The number of alkyl halides is 6. The van der Waals surface area contributed by atoms with Crippen LogP contribution < -0.4 is 10.6 Å². The van der Waals surface area contributed by atoms with Crippen LogP contribution in [0.25, 0.3) is 0 Å². The lowest BCUT2D eigenvalue weighted by Gasteiger charge is -2.32. The Bertz CT molecular complexity index is 1260. The van der Waals surface area contributed by atoms with Crippen molar-refractivity contribution < 1.29 is 40.8 Å². The minimum absolute atomic E-state index is 0.0746. The number of non-ortho nitro benzene ring substituents is 1. The van der Waals surface area contributed by atoms with Gasteiger partial charge in [-0.3, -0.25) is 20.2 Å². The van der Waals surface area contributed by atoms with E-state index in [1.54, 1.807) is 0 Å². The van der Waals surface area contributed by atoms with E-state index in [2.05, 4.69) is 0 Å². The number of nitrogens with zero attached hydrogens (tertiary/aromatic N) is 2. The predicted octanol–water partition coefficient (Wildman–Crippen LogP) is 5.26. The van der Waals surface area contributed by atoms with Gasteiger partial charge >= 0.3 is 17.9 Å². The van der Waals surface area contributed by atoms with Crippen molar-refractivity contribution in [2.45, 2.75) is 24.3 Å². The highest BCUT2D eigenvalue weighted by Crippen LogP contribution is 2.58. The van der Waals surface area contributed by atoms with E-state index in [0.717, 1.165) is 36.4 Å². The van der Waals surface area contributed by atoms with Crippen molar-refractivity contribution in [3.05, 3.63) is 97.9 Å². The third kappa shape index (κ3) is 4.23. The molecular weight excluding hydrogens is 493 g/mol. The summed E-state index contributed by atoms with van der Waals surface area (Å²) in [7, 11) is -4.69. The van der Waals surface area contributed by atoms with Crippen LogP contribution in [0.4, 0.5) is 32.0 Å². The van der Waals surface area contributed by atoms with E-state index in [4.69, 9.17) is 0 Å². The molecule has 34 heavy (non-hydrogen) atoms. The summed E-state index contributed by atoms with van der Waals surface area (Å²) >= 11 is 0. The number of nitro groups is 2. The maximum Gasteiger partial charge on any atom is 0.465 e. The van der Waals surface area contributed by atoms with Gasteiger partial charge in [-0.1, -0.05) is 42.5 Å². The van der Waals surface area contributed by atoms with Crippen LogP contribution in [0.3, 0.4) is 0 Å². The van der Waals surface area contributed by atoms with E-state index in [0.29, 0.717) is 0 Å². The molecule has 3 rings (SSSR count). The fraction of sp³-hybridized carbons (Fsp3) is 0.200. The Balaban J connectivity index is 2.45. The molecule has 0 aromatic heterocycles. The fourth-order valence-corrected chi connectivity index (χ4v) is 6.34. The number of allylic oxidation sites excluding steroid dienone is 2. The number of hydrogen-bond donors (Lipinski definition) is 0. The minimum Gasteiger partial charge on any atom is -0.309 e. The average Bonchev–Trinajstić information content (AvgIpc) is 2.77. The van der Waals surface area contributed by atoms with Crippen LogP contribution >= 0.6 is 7.14 Å². The van der Waals surface area contributed by atoms with Crippen LogP contribution in [0.1, 0.15) is 6.42 Å². The summed E-state index contributed by atoms with van der Waals surface area (Å²) in [5.41, 5.74) is -6.74. The molecule has 0 fully saturated rings. The maximum atomic E-state index is 14.4. The molecule has 2 atom stereocenters. The molecule has 0 heterocycles. The van der Waals surface area contributed by atoms with Gasteiger partial charge in [0.15, 0.2) is 7.14 Å². The standard InChI is InChI=1S/C20H13F6N2O5P/c21-19(22,23)13-9-17(12-18(11-13,28(31)32)20(24,25)26)34(33,15-6-2-1-3-7-15)16-8-4-5-14(10-16)27(29)30/h1-10,12H,11H2/t18-,34+/m1/s1. The van der Waals surface area contributed by atoms with Gasteiger partial charge in [-0.15, -0.1) is 0 Å². The van der Waals surface area contributed by atoms with Gasteiger partial charge in [-0.2, -0.15) is 26.3 Å². The van der Waals surface area contributed by atoms with Gasteiger partial charge < -0.3 is 4.57 Å². The third-order valence-corrected chi connectivity index (χ3v) is 8.25. The molecule has 180 valence electrons. The van der Waals surface area contributed by atoms with E-state index in [1.807, 2.05) is 0 Å². The van der Waals surface area contributed by atoms with Crippen molar-refractivity contribution in [1.29, 1.82) is 0 Å². The van der Waals surface area contributed by atoms with Crippen LogP contribution in [0.5, 0.6) is 0 Å². The molecule has 1 aliphatic rings. The van der Waals surface area contributed by atoms with Crippen molar-refractivity contribution in [1.82, 2.24) is 0 Å². The molecule has 0 unspecified atom stereocenters. The third-order valence-electron chi connectivity index (χ3n) is 5.24. The monoisotopic (exact) mass is 506 g/mol. The first-order valence-electron chi connectivity index (χ1n) is 9.26. The molecule has 0 saturated heterocycles.